The fourth-order valence-corrected chi connectivity index (χ4v) is 2.46. The standard InChI is InChI=1S/C21H25N3O2S/c1-4-13-22-21(27)24-23-15-17-11-12-19(20(14-17)25-5-2)26-16(3)18-9-7-6-8-10-18/h4,6-12,14-16H,1,5,13H2,2-3H3,(H2,22,24,27). The van der Waals surface area contributed by atoms with Crippen LogP contribution in [0.25, 0.3) is 0 Å². The van der Waals surface area contributed by atoms with E-state index in [0.717, 1.165) is 11.1 Å². The number of nitrogens with one attached hydrogen (secondary N) is 2. The largest absolute Gasteiger partial charge is 0.490 e. The molecule has 0 saturated carbocycles. The number of benzene rings is 2. The summed E-state index contributed by atoms with van der Waals surface area (Å²) >= 11 is 5.09. The molecule has 2 aromatic carbocycles. The highest BCUT2D eigenvalue weighted by Gasteiger charge is 2.11. The van der Waals surface area contributed by atoms with Crippen LogP contribution in [-0.4, -0.2) is 24.5 Å². The van der Waals surface area contributed by atoms with Crippen LogP contribution in [0.5, 0.6) is 11.5 Å². The van der Waals surface area contributed by atoms with Crippen LogP contribution in [-0.2, 0) is 0 Å². The minimum atomic E-state index is -0.0834. The first-order valence-electron chi connectivity index (χ1n) is 8.80. The van der Waals surface area contributed by atoms with Crippen molar-refractivity contribution >= 4 is 23.5 Å². The Morgan fingerprint density at radius 1 is 1.22 bits per heavy atom. The minimum Gasteiger partial charge on any atom is -0.490 e. The Bertz CT molecular complexity index is 778. The molecule has 0 aromatic heterocycles. The van der Waals surface area contributed by atoms with E-state index in [1.54, 1.807) is 12.3 Å². The molecule has 0 fully saturated rings. The second-order valence-corrected chi connectivity index (χ2v) is 6.09. The van der Waals surface area contributed by atoms with Crippen LogP contribution < -0.4 is 20.2 Å². The fraction of sp³-hybridized carbons (Fsp3) is 0.238. The maximum absolute atomic E-state index is 6.10. The van der Waals surface area contributed by atoms with Gasteiger partial charge in [0.05, 0.1) is 12.8 Å². The van der Waals surface area contributed by atoms with Crippen LogP contribution in [0.3, 0.4) is 0 Å². The number of hydrogen-bond acceptors (Lipinski definition) is 4. The van der Waals surface area contributed by atoms with E-state index in [9.17, 15) is 0 Å². The van der Waals surface area contributed by atoms with E-state index in [-0.39, 0.29) is 6.10 Å². The minimum absolute atomic E-state index is 0.0834. The molecule has 0 heterocycles. The highest BCUT2D eigenvalue weighted by Crippen LogP contribution is 2.32. The molecule has 0 amide bonds. The molecular weight excluding hydrogens is 358 g/mol. The zero-order chi connectivity index (χ0) is 19.5. The molecule has 2 N–H and O–H groups in total. The Labute approximate surface area is 166 Å². The van der Waals surface area contributed by atoms with E-state index in [1.807, 2.05) is 62.4 Å². The second kappa shape index (κ2) is 11.0. The van der Waals surface area contributed by atoms with Crippen LogP contribution in [0.2, 0.25) is 0 Å². The highest BCUT2D eigenvalue weighted by molar-refractivity contribution is 7.80. The molecule has 0 aliphatic carbocycles. The summed E-state index contributed by atoms with van der Waals surface area (Å²) in [5, 5.41) is 7.50. The van der Waals surface area contributed by atoms with Crippen molar-refractivity contribution < 1.29 is 9.47 Å². The molecule has 2 aromatic rings. The first-order valence-corrected chi connectivity index (χ1v) is 9.21. The number of hydrogen-bond donors (Lipinski definition) is 2. The van der Waals surface area contributed by atoms with E-state index in [4.69, 9.17) is 21.7 Å². The Kier molecular flexibility index (Phi) is 8.32. The number of ether oxygens (including phenoxy) is 2. The van der Waals surface area contributed by atoms with Gasteiger partial charge in [0.25, 0.3) is 0 Å². The van der Waals surface area contributed by atoms with Crippen LogP contribution in [0.1, 0.15) is 31.1 Å². The molecule has 5 nitrogen and oxygen atoms in total. The van der Waals surface area contributed by atoms with Gasteiger partial charge in [0.15, 0.2) is 16.6 Å². The Morgan fingerprint density at radius 2 is 2.00 bits per heavy atom. The van der Waals surface area contributed by atoms with Gasteiger partial charge in [-0.1, -0.05) is 36.4 Å². The lowest BCUT2D eigenvalue weighted by atomic mass is 10.1. The van der Waals surface area contributed by atoms with Gasteiger partial charge in [-0.05, 0) is 55.4 Å². The van der Waals surface area contributed by atoms with Crippen molar-refractivity contribution in [2.45, 2.75) is 20.0 Å². The molecule has 6 heteroatoms. The smallest absolute Gasteiger partial charge is 0.187 e. The van der Waals surface area contributed by atoms with Gasteiger partial charge in [0.2, 0.25) is 0 Å². The third-order valence-corrected chi connectivity index (χ3v) is 3.86. The quantitative estimate of drug-likeness (QED) is 0.294. The summed E-state index contributed by atoms with van der Waals surface area (Å²) in [4.78, 5) is 0. The second-order valence-electron chi connectivity index (χ2n) is 5.68. The Hall–Kier alpha value is -2.86. The first kappa shape index (κ1) is 20.5. The van der Waals surface area contributed by atoms with E-state index < -0.39 is 0 Å². The van der Waals surface area contributed by atoms with Gasteiger partial charge in [-0.2, -0.15) is 5.10 Å². The molecule has 0 radical (unpaired) electrons. The molecule has 0 spiro atoms. The lowest BCUT2D eigenvalue weighted by molar-refractivity contribution is 0.211. The van der Waals surface area contributed by atoms with E-state index >= 15 is 0 Å². The lowest BCUT2D eigenvalue weighted by Crippen LogP contribution is -2.31. The van der Waals surface area contributed by atoms with Crippen molar-refractivity contribution in [1.82, 2.24) is 10.7 Å². The third kappa shape index (κ3) is 6.75. The predicted molar refractivity (Wildman–Crippen MR) is 115 cm³/mol. The van der Waals surface area contributed by atoms with Crippen LogP contribution >= 0.6 is 12.2 Å². The highest BCUT2D eigenvalue weighted by atomic mass is 32.1. The normalized spacial score (nSPS) is 11.6. The van der Waals surface area contributed by atoms with Crippen LogP contribution in [0.15, 0.2) is 66.3 Å². The van der Waals surface area contributed by atoms with Gasteiger partial charge in [-0.25, -0.2) is 0 Å². The number of nitrogens with zero attached hydrogens (tertiary/aromatic N) is 1. The lowest BCUT2D eigenvalue weighted by Gasteiger charge is -2.18. The molecule has 2 rings (SSSR count). The summed E-state index contributed by atoms with van der Waals surface area (Å²) in [6, 6.07) is 15.8. The summed E-state index contributed by atoms with van der Waals surface area (Å²) in [6.07, 6.45) is 3.32. The zero-order valence-corrected chi connectivity index (χ0v) is 16.5. The molecule has 0 aliphatic rings. The number of thiocarbonyl (C=S) groups is 1. The monoisotopic (exact) mass is 383 g/mol. The molecule has 0 saturated heterocycles. The van der Waals surface area contributed by atoms with Crippen molar-refractivity contribution in [2.75, 3.05) is 13.2 Å². The SMILES string of the molecule is C=CCNC(=S)NN=Cc1ccc(OC(C)c2ccccc2)c(OCC)c1. The van der Waals surface area contributed by atoms with Crippen LogP contribution in [0.4, 0.5) is 0 Å². The van der Waals surface area contributed by atoms with E-state index in [2.05, 4.69) is 22.4 Å². The number of rotatable bonds is 9. The summed E-state index contributed by atoms with van der Waals surface area (Å²) in [7, 11) is 0. The topological polar surface area (TPSA) is 54.9 Å². The maximum atomic E-state index is 6.10. The molecule has 1 atom stereocenters. The van der Waals surface area contributed by atoms with E-state index in [1.165, 1.54) is 0 Å². The molecule has 1 unspecified atom stereocenters. The molecule has 27 heavy (non-hydrogen) atoms. The first-order chi connectivity index (χ1) is 13.1. The van der Waals surface area contributed by atoms with Gasteiger partial charge >= 0.3 is 0 Å². The summed E-state index contributed by atoms with van der Waals surface area (Å²) < 4.78 is 11.8. The van der Waals surface area contributed by atoms with Crippen molar-refractivity contribution in [2.24, 2.45) is 5.10 Å². The number of hydrazone groups is 1. The summed E-state index contributed by atoms with van der Waals surface area (Å²) in [5.41, 5.74) is 4.73. The fourth-order valence-electron chi connectivity index (χ4n) is 2.32. The maximum Gasteiger partial charge on any atom is 0.187 e. The van der Waals surface area contributed by atoms with Crippen molar-refractivity contribution in [1.29, 1.82) is 0 Å². The van der Waals surface area contributed by atoms with Crippen molar-refractivity contribution in [3.63, 3.8) is 0 Å². The van der Waals surface area contributed by atoms with Gasteiger partial charge in [-0.3, -0.25) is 5.43 Å². The zero-order valence-electron chi connectivity index (χ0n) is 15.6. The van der Waals surface area contributed by atoms with Gasteiger partial charge in [0.1, 0.15) is 6.10 Å². The molecule has 142 valence electrons. The average Bonchev–Trinajstić information content (AvgIpc) is 2.69. The summed E-state index contributed by atoms with van der Waals surface area (Å²) in [6.45, 7) is 8.71. The predicted octanol–water partition coefficient (Wildman–Crippen LogP) is 4.21. The van der Waals surface area contributed by atoms with E-state index in [0.29, 0.717) is 29.8 Å². The van der Waals surface area contributed by atoms with Gasteiger partial charge < -0.3 is 14.8 Å². The third-order valence-electron chi connectivity index (χ3n) is 3.63. The van der Waals surface area contributed by atoms with Crippen molar-refractivity contribution in [3.05, 3.63) is 72.3 Å². The average molecular weight is 384 g/mol. The molecule has 0 bridgehead atoms. The van der Waals surface area contributed by atoms with Crippen molar-refractivity contribution in [3.8, 4) is 11.5 Å². The van der Waals surface area contributed by atoms with Crippen LogP contribution in [0, 0.1) is 0 Å². The van der Waals surface area contributed by atoms with Gasteiger partial charge in [0, 0.05) is 6.54 Å². The van der Waals surface area contributed by atoms with Gasteiger partial charge in [-0.15, -0.1) is 6.58 Å². The molecular formula is C21H25N3O2S. The summed E-state index contributed by atoms with van der Waals surface area (Å²) in [5.74, 6) is 1.37. The molecule has 0 aliphatic heterocycles. The Morgan fingerprint density at radius 3 is 2.70 bits per heavy atom. The Balaban J connectivity index is 2.07.